The fraction of sp³-hybridized carbons (Fsp3) is 0.333. The normalized spacial score (nSPS) is 16.9. The van der Waals surface area contributed by atoms with Crippen LogP contribution >= 0.6 is 0 Å². The number of para-hydroxylation sites is 1. The number of fused-ring (bicyclic) bond motifs is 1. The molecule has 2 heteroatoms. The number of benzene rings is 1. The predicted octanol–water partition coefficient (Wildman–Crippen LogP) is 4.60. The van der Waals surface area contributed by atoms with Crippen molar-refractivity contribution in [2.45, 2.75) is 32.6 Å². The average molecular weight is 330 g/mol. The van der Waals surface area contributed by atoms with E-state index in [2.05, 4.69) is 67.5 Å². The second-order valence-electron chi connectivity index (χ2n) is 6.22. The van der Waals surface area contributed by atoms with Crippen LogP contribution in [-0.4, -0.2) is 21.0 Å². The molecule has 0 unspecified atom stereocenters. The van der Waals surface area contributed by atoms with E-state index in [-0.39, 0.29) is 5.41 Å². The zero-order valence-corrected chi connectivity index (χ0v) is 14.2. The molecule has 0 amide bonds. The Hall–Kier alpha value is -1.24. The number of allylic oxidation sites excluding steroid dienone is 1. The molecule has 0 atom stereocenters. The molecule has 0 bridgehead atoms. The van der Waals surface area contributed by atoms with E-state index >= 15 is 0 Å². The molecular weight excluding hydrogens is 309 g/mol. The summed E-state index contributed by atoms with van der Waals surface area (Å²) in [4.78, 5) is 4.85. The van der Waals surface area contributed by atoms with E-state index in [0.717, 1.165) is 6.54 Å². The van der Waals surface area contributed by atoms with Crippen LogP contribution in [0.1, 0.15) is 38.3 Å². The molecule has 0 radical (unpaired) electrons. The van der Waals surface area contributed by atoms with Crippen molar-refractivity contribution in [3.05, 3.63) is 53.0 Å². The second kappa shape index (κ2) is 4.95. The third-order valence-electron chi connectivity index (χ3n) is 4.23. The molecule has 3 rings (SSSR count). The molecule has 0 fully saturated rings. The molecule has 104 valence electrons. The molecule has 2 aromatic rings. The van der Waals surface area contributed by atoms with Crippen molar-refractivity contribution in [1.29, 1.82) is 0 Å². The van der Waals surface area contributed by atoms with Gasteiger partial charge in [0.15, 0.2) is 0 Å². The Morgan fingerprint density at radius 2 is 2.00 bits per heavy atom. The van der Waals surface area contributed by atoms with E-state index in [4.69, 9.17) is 0 Å². The minimum absolute atomic E-state index is 0.274. The fourth-order valence-electron chi connectivity index (χ4n) is 2.97. The van der Waals surface area contributed by atoms with Crippen molar-refractivity contribution in [2.24, 2.45) is 0 Å². The van der Waals surface area contributed by atoms with Gasteiger partial charge in [-0.2, -0.15) is 0 Å². The summed E-state index contributed by atoms with van der Waals surface area (Å²) >= 11 is 0.433. The van der Waals surface area contributed by atoms with Crippen LogP contribution in [0.2, 0.25) is 0 Å². The third kappa shape index (κ3) is 2.17. The molecular formula is C18H21NSe. The third-order valence-corrected chi connectivity index (χ3v) is 6.20. The summed E-state index contributed by atoms with van der Waals surface area (Å²) in [5.74, 6) is 0. The van der Waals surface area contributed by atoms with Crippen molar-refractivity contribution in [2.75, 3.05) is 11.4 Å². The molecule has 0 saturated carbocycles. The van der Waals surface area contributed by atoms with Gasteiger partial charge in [-0.25, -0.2) is 0 Å². The molecule has 20 heavy (non-hydrogen) atoms. The van der Waals surface area contributed by atoms with Crippen LogP contribution < -0.4 is 4.90 Å². The van der Waals surface area contributed by atoms with Gasteiger partial charge >= 0.3 is 127 Å². The van der Waals surface area contributed by atoms with Crippen LogP contribution in [0.15, 0.2) is 41.9 Å². The first-order valence-corrected chi connectivity index (χ1v) is 8.96. The predicted molar refractivity (Wildman–Crippen MR) is 89.2 cm³/mol. The van der Waals surface area contributed by atoms with Crippen LogP contribution in [0, 0.1) is 0 Å². The number of anilines is 2. The van der Waals surface area contributed by atoms with Crippen LogP contribution in [0.4, 0.5) is 10.2 Å². The van der Waals surface area contributed by atoms with Crippen molar-refractivity contribution in [1.82, 2.24) is 0 Å². The van der Waals surface area contributed by atoms with E-state index in [0.29, 0.717) is 14.5 Å². The molecule has 0 aliphatic carbocycles. The number of rotatable bonds is 2. The zero-order chi connectivity index (χ0) is 14.3. The van der Waals surface area contributed by atoms with Gasteiger partial charge in [0.25, 0.3) is 0 Å². The Morgan fingerprint density at radius 1 is 1.25 bits per heavy atom. The van der Waals surface area contributed by atoms with Crippen molar-refractivity contribution < 1.29 is 0 Å². The first-order valence-electron chi connectivity index (χ1n) is 7.11. The van der Waals surface area contributed by atoms with Gasteiger partial charge < -0.3 is 0 Å². The Labute approximate surface area is 127 Å². The molecule has 2 heterocycles. The molecule has 1 aliphatic rings. The molecule has 1 aromatic carbocycles. The summed E-state index contributed by atoms with van der Waals surface area (Å²) in [7, 11) is 0. The number of hydrogen-bond acceptors (Lipinski definition) is 1. The summed E-state index contributed by atoms with van der Waals surface area (Å²) < 4.78 is 1.48. The van der Waals surface area contributed by atoms with Gasteiger partial charge in [-0.05, 0) is 0 Å². The van der Waals surface area contributed by atoms with E-state index in [1.807, 2.05) is 0 Å². The topological polar surface area (TPSA) is 3.24 Å². The molecule has 1 nitrogen and oxygen atoms in total. The van der Waals surface area contributed by atoms with E-state index in [1.54, 1.807) is 0 Å². The second-order valence-corrected chi connectivity index (χ2v) is 8.10. The number of hydrogen-bond donors (Lipinski definition) is 0. The Kier molecular flexibility index (Phi) is 3.39. The van der Waals surface area contributed by atoms with Gasteiger partial charge in [-0.3, -0.25) is 0 Å². The summed E-state index contributed by atoms with van der Waals surface area (Å²) in [5.41, 5.74) is 5.67. The fourth-order valence-corrected chi connectivity index (χ4v) is 5.11. The summed E-state index contributed by atoms with van der Waals surface area (Å²) in [6, 6.07) is 11.1. The van der Waals surface area contributed by atoms with Gasteiger partial charge in [0, 0.05) is 0 Å². The summed E-state index contributed by atoms with van der Waals surface area (Å²) in [5, 5.41) is 0. The molecule has 0 spiro atoms. The average Bonchev–Trinajstić information content (AvgIpc) is 2.88. The maximum absolute atomic E-state index is 4.14. The zero-order valence-electron chi connectivity index (χ0n) is 12.4. The molecule has 0 saturated heterocycles. The number of nitrogens with zero attached hydrogens (tertiary/aromatic N) is 1. The molecule has 0 N–H and O–H groups in total. The molecule has 1 aromatic heterocycles. The van der Waals surface area contributed by atoms with Gasteiger partial charge in [0.1, 0.15) is 0 Å². The van der Waals surface area contributed by atoms with Crippen molar-refractivity contribution in [3.8, 4) is 0 Å². The van der Waals surface area contributed by atoms with Gasteiger partial charge in [0.2, 0.25) is 0 Å². The SMILES string of the molecule is C=C(C)c1cc[se]c1N1CCC(C)(C)c2ccccc21. The van der Waals surface area contributed by atoms with Crippen LogP contribution in [0.25, 0.3) is 5.57 Å². The van der Waals surface area contributed by atoms with E-state index in [1.165, 1.54) is 33.4 Å². The summed E-state index contributed by atoms with van der Waals surface area (Å²) in [6.45, 7) is 12.1. The van der Waals surface area contributed by atoms with E-state index < -0.39 is 0 Å². The van der Waals surface area contributed by atoms with Gasteiger partial charge in [0.05, 0.1) is 0 Å². The summed E-state index contributed by atoms with van der Waals surface area (Å²) in [6.07, 6.45) is 1.20. The van der Waals surface area contributed by atoms with Gasteiger partial charge in [-0.15, -0.1) is 0 Å². The maximum atomic E-state index is 4.14. The first-order chi connectivity index (χ1) is 9.50. The van der Waals surface area contributed by atoms with Crippen LogP contribution in [0.5, 0.6) is 0 Å². The van der Waals surface area contributed by atoms with E-state index in [9.17, 15) is 0 Å². The standard InChI is InChI=1S/C18H21NSe/c1-13(2)14-9-12-20-17(14)19-11-10-18(3,4)15-7-5-6-8-16(15)19/h5-9,12H,1,10-11H2,2-4H3. The van der Waals surface area contributed by atoms with Crippen molar-refractivity contribution in [3.63, 3.8) is 0 Å². The Bertz CT molecular complexity index is 651. The van der Waals surface area contributed by atoms with Crippen LogP contribution in [-0.2, 0) is 5.41 Å². The first kappa shape index (κ1) is 13.7. The molecule has 1 aliphatic heterocycles. The Balaban J connectivity index is 2.13. The van der Waals surface area contributed by atoms with Crippen molar-refractivity contribution >= 4 is 30.3 Å². The quantitative estimate of drug-likeness (QED) is 0.728. The minimum atomic E-state index is 0.274. The Morgan fingerprint density at radius 3 is 2.75 bits per heavy atom. The van der Waals surface area contributed by atoms with Gasteiger partial charge in [-0.1, -0.05) is 0 Å². The monoisotopic (exact) mass is 331 g/mol. The van der Waals surface area contributed by atoms with Crippen LogP contribution in [0.3, 0.4) is 0 Å².